The number of carbonyl (C=O) groups is 1. The predicted molar refractivity (Wildman–Crippen MR) is 71.8 cm³/mol. The Balaban J connectivity index is 2.14. The number of rotatable bonds is 6. The molecule has 1 saturated heterocycles. The van der Waals surface area contributed by atoms with Gasteiger partial charge in [0.15, 0.2) is 0 Å². The predicted octanol–water partition coefficient (Wildman–Crippen LogP) is 2.65. The van der Waals surface area contributed by atoms with Crippen molar-refractivity contribution < 1.29 is 19.4 Å². The van der Waals surface area contributed by atoms with Crippen molar-refractivity contribution in [1.29, 1.82) is 0 Å². The molecule has 2 rings (SSSR count). The average Bonchev–Trinajstić information content (AvgIpc) is 3.20. The van der Waals surface area contributed by atoms with Gasteiger partial charge in [0.2, 0.25) is 0 Å². The lowest BCUT2D eigenvalue weighted by atomic mass is 10.0. The molecular formula is C15H18O4. The second-order valence-electron chi connectivity index (χ2n) is 4.69. The summed E-state index contributed by atoms with van der Waals surface area (Å²) in [5, 5.41) is 8.94. The molecule has 1 aromatic rings. The maximum Gasteiger partial charge on any atom is 0.331 e. The lowest BCUT2D eigenvalue weighted by molar-refractivity contribution is -0.132. The fraction of sp³-hybridized carbons (Fsp3) is 0.400. The van der Waals surface area contributed by atoms with Crippen LogP contribution in [0, 0.1) is 0 Å². The third-order valence-corrected chi connectivity index (χ3v) is 3.08. The van der Waals surface area contributed by atoms with Crippen LogP contribution in [0.2, 0.25) is 0 Å². The van der Waals surface area contributed by atoms with E-state index < -0.39 is 5.97 Å². The van der Waals surface area contributed by atoms with Gasteiger partial charge in [-0.3, -0.25) is 0 Å². The van der Waals surface area contributed by atoms with E-state index in [0.29, 0.717) is 12.2 Å². The van der Waals surface area contributed by atoms with Crippen molar-refractivity contribution in [2.75, 3.05) is 13.2 Å². The lowest BCUT2D eigenvalue weighted by Gasteiger charge is -2.15. The fourth-order valence-corrected chi connectivity index (χ4v) is 1.81. The van der Waals surface area contributed by atoms with Gasteiger partial charge in [-0.2, -0.15) is 0 Å². The second-order valence-corrected chi connectivity index (χ2v) is 4.69. The summed E-state index contributed by atoms with van der Waals surface area (Å²) in [6, 6.07) is 7.67. The molecule has 4 nitrogen and oxygen atoms in total. The van der Waals surface area contributed by atoms with E-state index in [0.717, 1.165) is 17.7 Å². The number of carboxylic acid groups (broad SMARTS) is 1. The highest BCUT2D eigenvalue weighted by molar-refractivity contribution is 5.91. The van der Waals surface area contributed by atoms with Gasteiger partial charge in [0.1, 0.15) is 6.10 Å². The van der Waals surface area contributed by atoms with E-state index in [4.69, 9.17) is 14.6 Å². The van der Waals surface area contributed by atoms with Gasteiger partial charge in [-0.05, 0) is 31.1 Å². The molecule has 0 saturated carbocycles. The Morgan fingerprint density at radius 1 is 1.58 bits per heavy atom. The molecular weight excluding hydrogens is 244 g/mol. The van der Waals surface area contributed by atoms with Crippen molar-refractivity contribution >= 4 is 12.0 Å². The highest BCUT2D eigenvalue weighted by Gasteiger charge is 2.24. The van der Waals surface area contributed by atoms with Gasteiger partial charge < -0.3 is 14.6 Å². The van der Waals surface area contributed by atoms with E-state index in [1.54, 1.807) is 13.0 Å². The van der Waals surface area contributed by atoms with Gasteiger partial charge >= 0.3 is 5.97 Å². The van der Waals surface area contributed by atoms with Crippen LogP contribution in [-0.4, -0.2) is 30.4 Å². The van der Waals surface area contributed by atoms with E-state index in [2.05, 4.69) is 0 Å². The van der Waals surface area contributed by atoms with Gasteiger partial charge in [0.05, 0.1) is 19.3 Å². The Morgan fingerprint density at radius 3 is 2.89 bits per heavy atom. The standard InChI is InChI=1S/C15H18O4/c1-10(15(16)17)7-12-5-3-4-6-14(12)11(2)18-8-13-9-19-13/h3-7,11,13H,8-9H2,1-2H3,(H,16,17)/t11-,13+/m1/s1. The smallest absolute Gasteiger partial charge is 0.331 e. The molecule has 4 heteroatoms. The first-order valence-electron chi connectivity index (χ1n) is 6.31. The minimum atomic E-state index is -0.908. The normalized spacial score (nSPS) is 20.1. The number of hydrogen-bond acceptors (Lipinski definition) is 3. The largest absolute Gasteiger partial charge is 0.478 e. The summed E-state index contributed by atoms with van der Waals surface area (Å²) >= 11 is 0. The summed E-state index contributed by atoms with van der Waals surface area (Å²) in [5.41, 5.74) is 2.18. The van der Waals surface area contributed by atoms with Crippen molar-refractivity contribution in [1.82, 2.24) is 0 Å². The maximum absolute atomic E-state index is 10.9. The zero-order valence-electron chi connectivity index (χ0n) is 11.1. The van der Waals surface area contributed by atoms with Crippen LogP contribution < -0.4 is 0 Å². The summed E-state index contributed by atoms with van der Waals surface area (Å²) in [4.78, 5) is 10.9. The third-order valence-electron chi connectivity index (χ3n) is 3.08. The molecule has 0 amide bonds. The maximum atomic E-state index is 10.9. The Morgan fingerprint density at radius 2 is 2.26 bits per heavy atom. The molecule has 1 aliphatic heterocycles. The van der Waals surface area contributed by atoms with Crippen molar-refractivity contribution in [3.8, 4) is 0 Å². The zero-order valence-corrected chi connectivity index (χ0v) is 11.1. The van der Waals surface area contributed by atoms with Crippen molar-refractivity contribution in [2.24, 2.45) is 0 Å². The molecule has 0 radical (unpaired) electrons. The quantitative estimate of drug-likeness (QED) is 0.632. The number of aliphatic carboxylic acids is 1. The monoisotopic (exact) mass is 262 g/mol. The van der Waals surface area contributed by atoms with E-state index in [1.165, 1.54) is 0 Å². The van der Waals surface area contributed by atoms with Crippen LogP contribution in [0.1, 0.15) is 31.1 Å². The van der Waals surface area contributed by atoms with E-state index in [1.807, 2.05) is 31.2 Å². The molecule has 0 unspecified atom stereocenters. The fourth-order valence-electron chi connectivity index (χ4n) is 1.81. The molecule has 102 valence electrons. The Hall–Kier alpha value is -1.65. The summed E-state index contributed by atoms with van der Waals surface area (Å²) in [6.45, 7) is 4.90. The highest BCUT2D eigenvalue weighted by atomic mass is 16.6. The lowest BCUT2D eigenvalue weighted by Crippen LogP contribution is -2.07. The van der Waals surface area contributed by atoms with Crippen LogP contribution in [0.4, 0.5) is 0 Å². The van der Waals surface area contributed by atoms with Crippen LogP contribution >= 0.6 is 0 Å². The number of benzene rings is 1. The van der Waals surface area contributed by atoms with Crippen LogP contribution in [0.15, 0.2) is 29.8 Å². The molecule has 0 bridgehead atoms. The number of carboxylic acids is 1. The molecule has 0 spiro atoms. The minimum Gasteiger partial charge on any atom is -0.478 e. The van der Waals surface area contributed by atoms with Gasteiger partial charge in [-0.15, -0.1) is 0 Å². The molecule has 1 aromatic carbocycles. The van der Waals surface area contributed by atoms with Crippen molar-refractivity contribution in [2.45, 2.75) is 26.1 Å². The average molecular weight is 262 g/mol. The van der Waals surface area contributed by atoms with Gasteiger partial charge in [0.25, 0.3) is 0 Å². The Kier molecular flexibility index (Phi) is 4.35. The number of hydrogen-bond donors (Lipinski definition) is 1. The Bertz CT molecular complexity index is 489. The summed E-state index contributed by atoms with van der Waals surface area (Å²) in [7, 11) is 0. The molecule has 1 heterocycles. The first kappa shape index (κ1) is 13.8. The summed E-state index contributed by atoms with van der Waals surface area (Å²) < 4.78 is 10.8. The number of ether oxygens (including phenoxy) is 2. The van der Waals surface area contributed by atoms with Crippen molar-refractivity contribution in [3.05, 3.63) is 41.0 Å². The number of epoxide rings is 1. The molecule has 1 N–H and O–H groups in total. The van der Waals surface area contributed by atoms with Crippen LogP contribution in [0.25, 0.3) is 6.08 Å². The molecule has 1 aliphatic rings. The molecule has 19 heavy (non-hydrogen) atoms. The van der Waals surface area contributed by atoms with Crippen molar-refractivity contribution in [3.63, 3.8) is 0 Å². The molecule has 1 fully saturated rings. The van der Waals surface area contributed by atoms with Crippen LogP contribution in [0.3, 0.4) is 0 Å². The van der Waals surface area contributed by atoms with E-state index in [-0.39, 0.29) is 12.2 Å². The minimum absolute atomic E-state index is 0.0850. The second kappa shape index (κ2) is 5.99. The summed E-state index contributed by atoms with van der Waals surface area (Å²) in [5.74, 6) is -0.908. The highest BCUT2D eigenvalue weighted by Crippen LogP contribution is 2.24. The first-order valence-corrected chi connectivity index (χ1v) is 6.31. The summed E-state index contributed by atoms with van der Waals surface area (Å²) in [6.07, 6.45) is 1.81. The van der Waals surface area contributed by atoms with Gasteiger partial charge in [0, 0.05) is 5.57 Å². The molecule has 0 aromatic heterocycles. The van der Waals surface area contributed by atoms with E-state index >= 15 is 0 Å². The van der Waals surface area contributed by atoms with Crippen LogP contribution in [-0.2, 0) is 14.3 Å². The SMILES string of the molecule is CC(=Cc1ccccc1[C@@H](C)OC[C@H]1CO1)C(=O)O. The molecule has 0 aliphatic carbocycles. The third kappa shape index (κ3) is 3.91. The topological polar surface area (TPSA) is 59.1 Å². The Labute approximate surface area is 112 Å². The zero-order chi connectivity index (χ0) is 13.8. The molecule has 2 atom stereocenters. The van der Waals surface area contributed by atoms with Crippen LogP contribution in [0.5, 0.6) is 0 Å². The van der Waals surface area contributed by atoms with E-state index in [9.17, 15) is 4.79 Å². The first-order chi connectivity index (χ1) is 9.08. The van der Waals surface area contributed by atoms with Gasteiger partial charge in [-0.1, -0.05) is 24.3 Å². The van der Waals surface area contributed by atoms with Gasteiger partial charge in [-0.25, -0.2) is 4.79 Å².